The van der Waals surface area contributed by atoms with Gasteiger partial charge in [-0.05, 0) is 60.8 Å². The van der Waals surface area contributed by atoms with Crippen molar-refractivity contribution in [3.8, 4) is 0 Å². The summed E-state index contributed by atoms with van der Waals surface area (Å²) < 4.78 is 10.5. The Kier molecular flexibility index (Phi) is 16.3. The molecular weight excluding hydrogens is 468 g/mol. The van der Waals surface area contributed by atoms with Gasteiger partial charge in [-0.15, -0.1) is 0 Å². The van der Waals surface area contributed by atoms with Gasteiger partial charge in [0.1, 0.15) is 5.00 Å². The Labute approximate surface area is 223 Å². The quantitative estimate of drug-likeness (QED) is 0.115. The highest BCUT2D eigenvalue weighted by atomic mass is 32.1. The summed E-state index contributed by atoms with van der Waals surface area (Å²) in [6.45, 7) is 8.81. The zero-order valence-corrected chi connectivity index (χ0v) is 23.8. The van der Waals surface area contributed by atoms with E-state index < -0.39 is 0 Å². The first-order chi connectivity index (χ1) is 17.7. The minimum Gasteiger partial charge on any atom is -0.381 e. The normalized spacial score (nSPS) is 12.1. The Morgan fingerprint density at radius 3 is 2.36 bits per heavy atom. The summed E-state index contributed by atoms with van der Waals surface area (Å²) in [6, 6.07) is 6.01. The fourth-order valence-corrected chi connectivity index (χ4v) is 5.17. The fourth-order valence-electron chi connectivity index (χ4n) is 4.47. The van der Waals surface area contributed by atoms with E-state index in [1.165, 1.54) is 94.1 Å². The molecule has 0 fully saturated rings. The van der Waals surface area contributed by atoms with Gasteiger partial charge in [-0.25, -0.2) is 4.79 Å². The summed E-state index contributed by atoms with van der Waals surface area (Å²) in [6.07, 6.45) is 17.8. The predicted molar refractivity (Wildman–Crippen MR) is 155 cm³/mol. The number of unbranched alkanes of at least 4 members (excludes halogenated alkanes) is 8. The number of rotatable bonds is 21. The lowest BCUT2D eigenvalue weighted by Gasteiger charge is -2.17. The van der Waals surface area contributed by atoms with Gasteiger partial charge in [0, 0.05) is 25.1 Å². The molecule has 2 amide bonds. The van der Waals surface area contributed by atoms with E-state index in [1.54, 1.807) is 0 Å². The number of amides is 2. The highest BCUT2D eigenvalue weighted by Gasteiger charge is 2.10. The first-order valence-corrected chi connectivity index (χ1v) is 15.2. The first-order valence-electron chi connectivity index (χ1n) is 14.4. The lowest BCUT2D eigenvalue weighted by atomic mass is 9.95. The maximum atomic E-state index is 12.2. The average Bonchev–Trinajstić information content (AvgIpc) is 3.30. The van der Waals surface area contributed by atoms with Crippen molar-refractivity contribution in [3.05, 3.63) is 23.8 Å². The molecule has 0 saturated heterocycles. The van der Waals surface area contributed by atoms with Gasteiger partial charge in [-0.1, -0.05) is 91.0 Å². The summed E-state index contributed by atoms with van der Waals surface area (Å²) in [4.78, 5) is 12.2. The second-order valence-corrected chi connectivity index (χ2v) is 10.7. The van der Waals surface area contributed by atoms with Crippen molar-refractivity contribution in [3.63, 3.8) is 0 Å². The maximum absolute atomic E-state index is 12.2. The fraction of sp³-hybridized carbons (Fsp3) is 0.724. The number of nitrogens with zero attached hydrogens (tertiary/aromatic N) is 1. The Morgan fingerprint density at radius 2 is 1.64 bits per heavy atom. The van der Waals surface area contributed by atoms with Crippen molar-refractivity contribution in [2.75, 3.05) is 25.2 Å². The molecule has 1 atom stereocenters. The second kappa shape index (κ2) is 19.3. The number of hydrogen-bond donors (Lipinski definition) is 3. The highest BCUT2D eigenvalue weighted by molar-refractivity contribution is 7.11. The van der Waals surface area contributed by atoms with Crippen LogP contribution in [0.1, 0.15) is 110 Å². The number of hydrogen-bond acceptors (Lipinski definition) is 5. The van der Waals surface area contributed by atoms with Crippen LogP contribution >= 0.6 is 11.5 Å². The minimum absolute atomic E-state index is 0.236. The number of fused-ring (bicyclic) bond motifs is 1. The number of urea groups is 1. The second-order valence-electron chi connectivity index (χ2n) is 9.92. The monoisotopic (exact) mass is 518 g/mol. The minimum atomic E-state index is -0.236. The molecule has 0 aliphatic carbocycles. The number of carbonyl (C=O) groups excluding carboxylic acids is 1. The average molecular weight is 519 g/mol. The smallest absolute Gasteiger partial charge is 0.333 e. The van der Waals surface area contributed by atoms with Crippen LogP contribution in [0.2, 0.25) is 0 Å². The van der Waals surface area contributed by atoms with E-state index >= 15 is 0 Å². The van der Waals surface area contributed by atoms with E-state index in [0.717, 1.165) is 35.4 Å². The largest absolute Gasteiger partial charge is 0.381 e. The number of carbonyl (C=O) groups is 1. The van der Waals surface area contributed by atoms with Gasteiger partial charge in [-0.3, -0.25) is 10.9 Å². The van der Waals surface area contributed by atoms with Crippen LogP contribution in [-0.4, -0.2) is 30.2 Å². The zero-order valence-electron chi connectivity index (χ0n) is 23.0. The van der Waals surface area contributed by atoms with Gasteiger partial charge in [0.05, 0.1) is 5.52 Å². The van der Waals surface area contributed by atoms with E-state index in [9.17, 15) is 4.79 Å². The number of aryl methyl sites for hydroxylation is 1. The van der Waals surface area contributed by atoms with Gasteiger partial charge >= 0.3 is 6.03 Å². The molecule has 2 rings (SSSR count). The number of aromatic nitrogens is 1. The van der Waals surface area contributed by atoms with Crippen LogP contribution in [0.3, 0.4) is 0 Å². The van der Waals surface area contributed by atoms with Crippen LogP contribution in [-0.2, 0) is 11.2 Å². The Hall–Kier alpha value is -1.86. The third-order valence-corrected chi connectivity index (χ3v) is 7.57. The van der Waals surface area contributed by atoms with Crippen molar-refractivity contribution in [2.45, 2.75) is 111 Å². The van der Waals surface area contributed by atoms with Crippen molar-refractivity contribution in [1.82, 2.24) is 15.1 Å². The topological polar surface area (TPSA) is 75.3 Å². The SMILES string of the molecule is CCCCCCCCC(CCCCCC)COCCCNC(=O)NNc1snc2ccc(CC)cc12. The van der Waals surface area contributed by atoms with Crippen molar-refractivity contribution >= 4 is 33.5 Å². The third kappa shape index (κ3) is 12.4. The van der Waals surface area contributed by atoms with Gasteiger partial charge in [0.15, 0.2) is 0 Å². The number of nitrogens with one attached hydrogen (secondary N) is 3. The van der Waals surface area contributed by atoms with Gasteiger partial charge < -0.3 is 10.1 Å². The molecule has 0 saturated carbocycles. The summed E-state index contributed by atoms with van der Waals surface area (Å²) in [7, 11) is 0. The molecule has 1 aromatic carbocycles. The van der Waals surface area contributed by atoms with Crippen molar-refractivity contribution < 1.29 is 9.53 Å². The standard InChI is InChI=1S/C29H50N4O2S/c1-4-7-9-11-12-14-17-25(16-13-10-8-5-2)23-35-21-15-20-30-29(34)32-31-28-26-22-24(6-3)18-19-27(26)33-36-28/h18-19,22,25,31H,4-17,20-21,23H2,1-3H3,(H2,30,32,34). The highest BCUT2D eigenvalue weighted by Crippen LogP contribution is 2.28. The van der Waals surface area contributed by atoms with Crippen LogP contribution in [0, 0.1) is 5.92 Å². The summed E-state index contributed by atoms with van der Waals surface area (Å²) in [5.41, 5.74) is 7.94. The molecule has 0 spiro atoms. The summed E-state index contributed by atoms with van der Waals surface area (Å²) in [5.74, 6) is 0.677. The maximum Gasteiger partial charge on any atom is 0.333 e. The van der Waals surface area contributed by atoms with Gasteiger partial charge in [0.25, 0.3) is 0 Å². The molecule has 0 aliphatic heterocycles. The lowest BCUT2D eigenvalue weighted by molar-refractivity contribution is 0.0895. The summed E-state index contributed by atoms with van der Waals surface area (Å²) >= 11 is 1.36. The Bertz CT molecular complexity index is 842. The number of anilines is 1. The summed E-state index contributed by atoms with van der Waals surface area (Å²) in [5, 5.41) is 4.80. The molecule has 204 valence electrons. The molecule has 0 aliphatic rings. The van der Waals surface area contributed by atoms with E-state index in [1.807, 2.05) is 6.07 Å². The van der Waals surface area contributed by atoms with Crippen LogP contribution < -0.4 is 16.2 Å². The lowest BCUT2D eigenvalue weighted by Crippen LogP contribution is -2.39. The molecule has 36 heavy (non-hydrogen) atoms. The Balaban J connectivity index is 1.59. The molecule has 7 heteroatoms. The van der Waals surface area contributed by atoms with Crippen LogP contribution in [0.4, 0.5) is 9.80 Å². The third-order valence-electron chi connectivity index (χ3n) is 6.78. The molecule has 1 unspecified atom stereocenters. The van der Waals surface area contributed by atoms with Gasteiger partial charge in [-0.2, -0.15) is 4.37 Å². The van der Waals surface area contributed by atoms with Crippen LogP contribution in [0.5, 0.6) is 0 Å². The molecule has 3 N–H and O–H groups in total. The molecule has 1 heterocycles. The number of benzene rings is 1. The zero-order chi connectivity index (χ0) is 25.8. The van der Waals surface area contributed by atoms with E-state index in [2.05, 4.69) is 53.4 Å². The van der Waals surface area contributed by atoms with E-state index in [0.29, 0.717) is 19.1 Å². The Morgan fingerprint density at radius 1 is 0.944 bits per heavy atom. The van der Waals surface area contributed by atoms with E-state index in [-0.39, 0.29) is 6.03 Å². The van der Waals surface area contributed by atoms with Gasteiger partial charge in [0.2, 0.25) is 0 Å². The van der Waals surface area contributed by atoms with Crippen LogP contribution in [0.25, 0.3) is 10.9 Å². The molecule has 1 aromatic heterocycles. The predicted octanol–water partition coefficient (Wildman–Crippen LogP) is 8.23. The molecular formula is C29H50N4O2S. The number of hydrazine groups is 1. The number of ether oxygens (including phenoxy) is 1. The molecule has 0 bridgehead atoms. The van der Waals surface area contributed by atoms with Crippen molar-refractivity contribution in [1.29, 1.82) is 0 Å². The first kappa shape index (κ1) is 30.4. The molecule has 2 aromatic rings. The van der Waals surface area contributed by atoms with Crippen LogP contribution in [0.15, 0.2) is 18.2 Å². The van der Waals surface area contributed by atoms with E-state index in [4.69, 9.17) is 4.74 Å². The van der Waals surface area contributed by atoms with Crippen molar-refractivity contribution in [2.24, 2.45) is 5.92 Å². The molecule has 6 nitrogen and oxygen atoms in total. The molecule has 0 radical (unpaired) electrons.